The first kappa shape index (κ1) is 23.2. The molecular weight excluding hydrogens is 424 g/mol. The van der Waals surface area contributed by atoms with Crippen LogP contribution in [0, 0.1) is 5.92 Å². The number of fused-ring (bicyclic) bond motifs is 1. The van der Waals surface area contributed by atoms with Gasteiger partial charge in [0.05, 0.1) is 12.6 Å². The van der Waals surface area contributed by atoms with Crippen molar-refractivity contribution in [3.63, 3.8) is 0 Å². The number of nitrogens with two attached hydrogens (primary N) is 1. The van der Waals surface area contributed by atoms with Crippen molar-refractivity contribution in [3.8, 4) is 0 Å². The quantitative estimate of drug-likeness (QED) is 0.540. The fourth-order valence-corrected chi connectivity index (χ4v) is 5.10. The van der Waals surface area contributed by atoms with E-state index in [-0.39, 0.29) is 30.1 Å². The van der Waals surface area contributed by atoms with Gasteiger partial charge in [0, 0.05) is 17.8 Å². The number of likely N-dealkylation sites (tertiary alicyclic amines) is 2. The predicted octanol–water partition coefficient (Wildman–Crippen LogP) is 0.709. The number of nitrogens with zero attached hydrogens (tertiary/aromatic N) is 2. The molecule has 3 unspecified atom stereocenters. The summed E-state index contributed by atoms with van der Waals surface area (Å²) in [5.41, 5.74) is 5.25. The maximum atomic E-state index is 13.5. The minimum absolute atomic E-state index is 0.0904. The van der Waals surface area contributed by atoms with Gasteiger partial charge in [0.2, 0.25) is 5.91 Å². The van der Waals surface area contributed by atoms with Crippen LogP contribution < -0.4 is 11.1 Å². The van der Waals surface area contributed by atoms with E-state index in [0.717, 1.165) is 6.42 Å². The number of hydrogen-bond donors (Lipinski definition) is 3. The topological polar surface area (TPSA) is 133 Å². The second-order valence-corrected chi connectivity index (χ2v) is 9.89. The first-order valence-corrected chi connectivity index (χ1v) is 11.6. The van der Waals surface area contributed by atoms with Crippen molar-refractivity contribution >= 4 is 29.2 Å². The molecule has 1 aromatic carbocycles. The molecule has 2 saturated heterocycles. The zero-order valence-corrected chi connectivity index (χ0v) is 19.1. The highest BCUT2D eigenvalue weighted by atomic mass is 16.3. The summed E-state index contributed by atoms with van der Waals surface area (Å²) in [6.45, 7) is 4.16. The molecule has 3 amide bonds. The maximum Gasteiger partial charge on any atom is 0.255 e. The molecule has 3 aliphatic rings. The van der Waals surface area contributed by atoms with Gasteiger partial charge in [-0.3, -0.25) is 19.2 Å². The highest BCUT2D eigenvalue weighted by molar-refractivity contribution is 6.01. The number of nitrogen functional groups attached to an aromatic ring is 1. The van der Waals surface area contributed by atoms with Crippen molar-refractivity contribution in [1.82, 2.24) is 15.1 Å². The van der Waals surface area contributed by atoms with Crippen molar-refractivity contribution in [2.45, 2.75) is 69.7 Å². The maximum absolute atomic E-state index is 13.5. The molecule has 2 aliphatic heterocycles. The molecule has 3 atom stereocenters. The Labute approximate surface area is 193 Å². The van der Waals surface area contributed by atoms with Crippen molar-refractivity contribution in [2.75, 3.05) is 18.8 Å². The van der Waals surface area contributed by atoms with Crippen LogP contribution in [0.15, 0.2) is 24.3 Å². The van der Waals surface area contributed by atoms with E-state index >= 15 is 0 Å². The molecule has 3 fully saturated rings. The van der Waals surface area contributed by atoms with Gasteiger partial charge >= 0.3 is 0 Å². The highest BCUT2D eigenvalue weighted by Crippen LogP contribution is 2.38. The van der Waals surface area contributed by atoms with Crippen LogP contribution in [-0.4, -0.2) is 75.2 Å². The Bertz CT molecular complexity index is 956. The number of Topliss-reactive ketones (excluding diaryl/α,β-unsaturated/α-hetero) is 1. The summed E-state index contributed by atoms with van der Waals surface area (Å²) < 4.78 is 0. The fourth-order valence-electron chi connectivity index (χ4n) is 5.10. The molecule has 33 heavy (non-hydrogen) atoms. The second kappa shape index (κ2) is 8.78. The number of ketones is 1. The summed E-state index contributed by atoms with van der Waals surface area (Å²) in [6.07, 6.45) is 2.50. The third-order valence-electron chi connectivity index (χ3n) is 7.03. The molecule has 1 saturated carbocycles. The largest absolute Gasteiger partial charge is 0.399 e. The van der Waals surface area contributed by atoms with Crippen molar-refractivity contribution < 1.29 is 24.3 Å². The molecule has 1 aliphatic carbocycles. The Hall–Kier alpha value is -2.94. The molecule has 1 aromatic rings. The van der Waals surface area contributed by atoms with E-state index in [1.165, 1.54) is 9.80 Å². The van der Waals surface area contributed by atoms with Gasteiger partial charge in [-0.15, -0.1) is 0 Å². The van der Waals surface area contributed by atoms with E-state index in [2.05, 4.69) is 5.32 Å². The van der Waals surface area contributed by atoms with E-state index in [1.807, 2.05) is 13.8 Å². The lowest BCUT2D eigenvalue weighted by molar-refractivity contribution is -0.161. The number of nitrogens with one attached hydrogen (secondary N) is 1. The SMILES string of the molecule is CC(C)CC(NC(=O)c1ccc(N)cc1)C(=O)N1CCC2C1C(=O)CN2C(=O)C1(O)CCC1. The monoisotopic (exact) mass is 456 g/mol. The van der Waals surface area contributed by atoms with Gasteiger partial charge in [0.15, 0.2) is 5.78 Å². The zero-order valence-electron chi connectivity index (χ0n) is 19.1. The Morgan fingerprint density at radius 2 is 1.85 bits per heavy atom. The Morgan fingerprint density at radius 3 is 2.42 bits per heavy atom. The van der Waals surface area contributed by atoms with Crippen LogP contribution in [0.25, 0.3) is 0 Å². The van der Waals surface area contributed by atoms with Gasteiger partial charge in [-0.2, -0.15) is 0 Å². The summed E-state index contributed by atoms with van der Waals surface area (Å²) in [6, 6.07) is 4.50. The van der Waals surface area contributed by atoms with Crippen LogP contribution in [0.1, 0.15) is 56.3 Å². The van der Waals surface area contributed by atoms with Crippen molar-refractivity contribution in [2.24, 2.45) is 5.92 Å². The van der Waals surface area contributed by atoms with E-state index in [0.29, 0.717) is 43.5 Å². The molecule has 0 radical (unpaired) electrons. The zero-order chi connectivity index (χ0) is 23.9. The molecule has 9 nitrogen and oxygen atoms in total. The Morgan fingerprint density at radius 1 is 1.18 bits per heavy atom. The lowest BCUT2D eigenvalue weighted by atomic mass is 9.79. The first-order chi connectivity index (χ1) is 15.6. The molecule has 4 N–H and O–H groups in total. The second-order valence-electron chi connectivity index (χ2n) is 9.89. The van der Waals surface area contributed by atoms with Crippen LogP contribution >= 0.6 is 0 Å². The van der Waals surface area contributed by atoms with E-state index in [1.54, 1.807) is 24.3 Å². The minimum Gasteiger partial charge on any atom is -0.399 e. The first-order valence-electron chi connectivity index (χ1n) is 11.6. The van der Waals surface area contributed by atoms with E-state index < -0.39 is 29.6 Å². The van der Waals surface area contributed by atoms with Gasteiger partial charge in [0.25, 0.3) is 11.8 Å². The third-order valence-corrected chi connectivity index (χ3v) is 7.03. The Balaban J connectivity index is 1.50. The number of benzene rings is 1. The highest BCUT2D eigenvalue weighted by Gasteiger charge is 2.56. The molecule has 4 rings (SSSR count). The number of rotatable bonds is 6. The molecule has 0 bridgehead atoms. The predicted molar refractivity (Wildman–Crippen MR) is 121 cm³/mol. The Kier molecular flexibility index (Phi) is 6.18. The summed E-state index contributed by atoms with van der Waals surface area (Å²) in [5.74, 6) is -1.17. The number of carbonyl (C=O) groups excluding carboxylic acids is 4. The number of amides is 3. The summed E-state index contributed by atoms with van der Waals surface area (Å²) in [4.78, 5) is 55.0. The van der Waals surface area contributed by atoms with Gasteiger partial charge in [-0.25, -0.2) is 0 Å². The summed E-state index contributed by atoms with van der Waals surface area (Å²) >= 11 is 0. The summed E-state index contributed by atoms with van der Waals surface area (Å²) in [5, 5.41) is 13.3. The van der Waals surface area contributed by atoms with Crippen molar-refractivity contribution in [1.29, 1.82) is 0 Å². The molecule has 178 valence electrons. The van der Waals surface area contributed by atoms with Gasteiger partial charge in [0.1, 0.15) is 17.7 Å². The lowest BCUT2D eigenvalue weighted by Gasteiger charge is -2.39. The molecule has 9 heteroatoms. The van der Waals surface area contributed by atoms with Gasteiger partial charge in [-0.1, -0.05) is 13.8 Å². The van der Waals surface area contributed by atoms with Gasteiger partial charge in [-0.05, 0) is 62.3 Å². The lowest BCUT2D eigenvalue weighted by Crippen LogP contribution is -2.55. The van der Waals surface area contributed by atoms with Gasteiger partial charge < -0.3 is 26.0 Å². The normalized spacial score (nSPS) is 24.4. The molecule has 0 aromatic heterocycles. The van der Waals surface area contributed by atoms with Crippen molar-refractivity contribution in [3.05, 3.63) is 29.8 Å². The van der Waals surface area contributed by atoms with Crippen LogP contribution in [0.2, 0.25) is 0 Å². The average molecular weight is 457 g/mol. The van der Waals surface area contributed by atoms with E-state index in [9.17, 15) is 24.3 Å². The third kappa shape index (κ3) is 4.34. The molecule has 2 heterocycles. The van der Waals surface area contributed by atoms with Crippen LogP contribution in [-0.2, 0) is 14.4 Å². The average Bonchev–Trinajstić information content (AvgIpc) is 3.32. The fraction of sp³-hybridized carbons (Fsp3) is 0.583. The number of anilines is 1. The smallest absolute Gasteiger partial charge is 0.255 e. The molecule has 0 spiro atoms. The standard InChI is InChI=1S/C24H32N4O5/c1-14(2)12-17(26-21(30)15-4-6-16(25)7-5-15)22(31)27-11-8-18-20(27)19(29)13-28(18)23(32)24(33)9-3-10-24/h4-7,14,17-18,20,33H,3,8-13,25H2,1-2H3,(H,26,30). The number of aliphatic hydroxyl groups is 1. The minimum atomic E-state index is -1.38. The summed E-state index contributed by atoms with van der Waals surface area (Å²) in [7, 11) is 0. The number of carbonyl (C=O) groups is 4. The van der Waals surface area contributed by atoms with E-state index in [4.69, 9.17) is 5.73 Å². The van der Waals surface area contributed by atoms with Crippen LogP contribution in [0.4, 0.5) is 5.69 Å². The van der Waals surface area contributed by atoms with Crippen LogP contribution in [0.3, 0.4) is 0 Å². The van der Waals surface area contributed by atoms with Crippen LogP contribution in [0.5, 0.6) is 0 Å². The number of hydrogen-bond acceptors (Lipinski definition) is 6. The molecular formula is C24H32N4O5.